The maximum absolute atomic E-state index is 6.41. The Labute approximate surface area is 284 Å². The molecular weight excluding hydrogens is 583 g/mol. The minimum atomic E-state index is 0.0928. The van der Waals surface area contributed by atoms with Gasteiger partial charge >= 0.3 is 0 Å². The number of rotatable bonds is 6. The molecule has 1 heterocycles. The summed E-state index contributed by atoms with van der Waals surface area (Å²) in [4.78, 5) is 2.44. The van der Waals surface area contributed by atoms with Gasteiger partial charge in [-0.05, 0) is 134 Å². The molecule has 240 valence electrons. The Morgan fingerprint density at radius 1 is 0.479 bits per heavy atom. The standard InChI is InChI=1S/C46H45NO/c1-3-9-36(10-4-1)46(23-7-2-8-24-46)37-15-19-39(20-16-37)47(40-21-22-42-41-11-5-6-12-43(41)48-44(42)28-40)38-17-13-35(14-18-38)45-29-32-25-33(30-45)27-34(26-32)31-45/h1,3-6,9-22,28,32-34H,2,7-8,23-27,29-31H2. The van der Waals surface area contributed by atoms with Crippen LogP contribution in [0, 0.1) is 17.8 Å². The molecule has 11 rings (SSSR count). The molecule has 5 saturated carbocycles. The Morgan fingerprint density at radius 2 is 1.02 bits per heavy atom. The van der Waals surface area contributed by atoms with Crippen LogP contribution in [-0.2, 0) is 10.8 Å². The summed E-state index contributed by atoms with van der Waals surface area (Å²) in [5, 5.41) is 2.34. The fourth-order valence-corrected chi connectivity index (χ4v) is 11.3. The minimum absolute atomic E-state index is 0.0928. The number of anilines is 3. The number of benzene rings is 5. The lowest BCUT2D eigenvalue weighted by molar-refractivity contribution is -0.00518. The van der Waals surface area contributed by atoms with E-state index < -0.39 is 0 Å². The summed E-state index contributed by atoms with van der Waals surface area (Å²) in [5.74, 6) is 2.85. The third-order valence-corrected chi connectivity index (χ3v) is 13.1. The van der Waals surface area contributed by atoms with Crippen molar-refractivity contribution in [3.05, 3.63) is 138 Å². The lowest BCUT2D eigenvalue weighted by atomic mass is 9.48. The molecule has 1 aromatic heterocycles. The monoisotopic (exact) mass is 627 g/mol. The van der Waals surface area contributed by atoms with Crippen molar-refractivity contribution in [1.82, 2.24) is 0 Å². The van der Waals surface area contributed by atoms with Gasteiger partial charge in [0.25, 0.3) is 0 Å². The maximum Gasteiger partial charge on any atom is 0.137 e. The normalized spacial score (nSPS) is 25.9. The van der Waals surface area contributed by atoms with Crippen LogP contribution in [0.3, 0.4) is 0 Å². The Hall–Kier alpha value is -4.30. The molecule has 6 aromatic rings. The molecule has 5 aliphatic carbocycles. The average molecular weight is 628 g/mol. The van der Waals surface area contributed by atoms with Gasteiger partial charge in [0.15, 0.2) is 0 Å². The largest absolute Gasteiger partial charge is 0.456 e. The van der Waals surface area contributed by atoms with E-state index in [1.54, 1.807) is 5.56 Å². The Balaban J connectivity index is 1.06. The van der Waals surface area contributed by atoms with Crippen LogP contribution in [0.5, 0.6) is 0 Å². The van der Waals surface area contributed by atoms with Gasteiger partial charge in [0.05, 0.1) is 0 Å². The molecule has 2 heteroatoms. The zero-order valence-electron chi connectivity index (χ0n) is 27.9. The summed E-state index contributed by atoms with van der Waals surface area (Å²) in [7, 11) is 0. The van der Waals surface area contributed by atoms with E-state index in [0.29, 0.717) is 5.41 Å². The first-order chi connectivity index (χ1) is 23.7. The van der Waals surface area contributed by atoms with Crippen LogP contribution in [0.2, 0.25) is 0 Å². The quantitative estimate of drug-likeness (QED) is 0.183. The van der Waals surface area contributed by atoms with Gasteiger partial charge in [-0.25, -0.2) is 0 Å². The molecule has 0 saturated heterocycles. The van der Waals surface area contributed by atoms with E-state index in [2.05, 4.69) is 126 Å². The third-order valence-electron chi connectivity index (χ3n) is 13.1. The van der Waals surface area contributed by atoms with Gasteiger partial charge in [0, 0.05) is 39.3 Å². The van der Waals surface area contributed by atoms with Crippen molar-refractivity contribution in [3.63, 3.8) is 0 Å². The molecule has 0 amide bonds. The predicted molar refractivity (Wildman–Crippen MR) is 199 cm³/mol. The molecule has 4 bridgehead atoms. The van der Waals surface area contributed by atoms with Gasteiger partial charge in [-0.1, -0.05) is 92.1 Å². The van der Waals surface area contributed by atoms with E-state index in [1.165, 1.54) is 104 Å². The van der Waals surface area contributed by atoms with Crippen LogP contribution in [0.15, 0.2) is 126 Å². The number of hydrogen-bond donors (Lipinski definition) is 0. The first-order valence-electron chi connectivity index (χ1n) is 18.6. The number of para-hydroxylation sites is 1. The van der Waals surface area contributed by atoms with Crippen LogP contribution in [0.25, 0.3) is 21.9 Å². The van der Waals surface area contributed by atoms with Crippen molar-refractivity contribution < 1.29 is 4.42 Å². The van der Waals surface area contributed by atoms with Crippen LogP contribution >= 0.6 is 0 Å². The number of fused-ring (bicyclic) bond motifs is 3. The molecule has 48 heavy (non-hydrogen) atoms. The van der Waals surface area contributed by atoms with Crippen molar-refractivity contribution in [2.24, 2.45) is 17.8 Å². The summed E-state index contributed by atoms with van der Waals surface area (Å²) in [6.45, 7) is 0. The van der Waals surface area contributed by atoms with E-state index in [1.807, 2.05) is 0 Å². The Bertz CT molecular complexity index is 2050. The van der Waals surface area contributed by atoms with Gasteiger partial charge in [0.2, 0.25) is 0 Å². The second-order valence-corrected chi connectivity index (χ2v) is 15.9. The predicted octanol–water partition coefficient (Wildman–Crippen LogP) is 12.8. The third kappa shape index (κ3) is 4.59. The fraction of sp³-hybridized carbons (Fsp3) is 0.348. The summed E-state index contributed by atoms with van der Waals surface area (Å²) in [6.07, 6.45) is 15.0. The Morgan fingerprint density at radius 3 is 1.69 bits per heavy atom. The second kappa shape index (κ2) is 11.1. The first kappa shape index (κ1) is 28.7. The van der Waals surface area contributed by atoms with E-state index in [0.717, 1.165) is 34.6 Å². The van der Waals surface area contributed by atoms with Crippen molar-refractivity contribution >= 4 is 39.0 Å². The molecule has 5 aromatic carbocycles. The second-order valence-electron chi connectivity index (χ2n) is 15.9. The molecule has 0 radical (unpaired) electrons. The fourth-order valence-electron chi connectivity index (χ4n) is 11.3. The van der Waals surface area contributed by atoms with Gasteiger partial charge in [-0.15, -0.1) is 0 Å². The van der Waals surface area contributed by atoms with Crippen molar-refractivity contribution in [2.75, 3.05) is 4.90 Å². The SMILES string of the molecule is c1ccc(C2(c3ccc(N(c4ccc(C56CC7CC(CC(C7)C5)C6)cc4)c4ccc5c(c4)oc4ccccc45)cc3)CCCCC2)cc1. The minimum Gasteiger partial charge on any atom is -0.456 e. The van der Waals surface area contributed by atoms with Crippen LogP contribution in [-0.4, -0.2) is 0 Å². The molecular formula is C46H45NO. The molecule has 0 atom stereocenters. The maximum atomic E-state index is 6.41. The van der Waals surface area contributed by atoms with Crippen molar-refractivity contribution in [2.45, 2.75) is 81.5 Å². The molecule has 5 aliphatic rings. The zero-order chi connectivity index (χ0) is 31.7. The van der Waals surface area contributed by atoms with E-state index in [9.17, 15) is 0 Å². The van der Waals surface area contributed by atoms with Gasteiger partial charge < -0.3 is 9.32 Å². The van der Waals surface area contributed by atoms with E-state index >= 15 is 0 Å². The molecule has 0 N–H and O–H groups in total. The highest BCUT2D eigenvalue weighted by atomic mass is 16.3. The average Bonchev–Trinajstić information content (AvgIpc) is 3.50. The number of furan rings is 1. The Kier molecular flexibility index (Phi) is 6.65. The molecule has 0 aliphatic heterocycles. The van der Waals surface area contributed by atoms with Gasteiger partial charge in [-0.3, -0.25) is 0 Å². The highest BCUT2D eigenvalue weighted by Gasteiger charge is 2.51. The van der Waals surface area contributed by atoms with Crippen LogP contribution in [0.4, 0.5) is 17.1 Å². The highest BCUT2D eigenvalue weighted by molar-refractivity contribution is 6.06. The summed E-state index contributed by atoms with van der Waals surface area (Å²) < 4.78 is 6.41. The number of hydrogen-bond acceptors (Lipinski definition) is 2. The smallest absolute Gasteiger partial charge is 0.137 e. The van der Waals surface area contributed by atoms with E-state index in [-0.39, 0.29) is 5.41 Å². The zero-order valence-corrected chi connectivity index (χ0v) is 27.9. The first-order valence-corrected chi connectivity index (χ1v) is 18.6. The summed E-state index contributed by atoms with van der Waals surface area (Å²) in [6, 6.07) is 45.7. The lowest BCUT2D eigenvalue weighted by Gasteiger charge is -2.57. The van der Waals surface area contributed by atoms with Crippen molar-refractivity contribution in [3.8, 4) is 0 Å². The molecule has 5 fully saturated rings. The lowest BCUT2D eigenvalue weighted by Crippen LogP contribution is -2.48. The molecule has 0 spiro atoms. The van der Waals surface area contributed by atoms with E-state index in [4.69, 9.17) is 4.42 Å². The van der Waals surface area contributed by atoms with Gasteiger partial charge in [-0.2, -0.15) is 0 Å². The highest BCUT2D eigenvalue weighted by Crippen LogP contribution is 2.61. The number of nitrogens with zero attached hydrogens (tertiary/aromatic N) is 1. The van der Waals surface area contributed by atoms with Crippen LogP contribution in [0.1, 0.15) is 87.3 Å². The van der Waals surface area contributed by atoms with Crippen molar-refractivity contribution in [1.29, 1.82) is 0 Å². The summed E-state index contributed by atoms with van der Waals surface area (Å²) >= 11 is 0. The topological polar surface area (TPSA) is 16.4 Å². The summed E-state index contributed by atoms with van der Waals surface area (Å²) in [5.41, 5.74) is 10.4. The van der Waals surface area contributed by atoms with Crippen LogP contribution < -0.4 is 4.90 Å². The van der Waals surface area contributed by atoms with Gasteiger partial charge in [0.1, 0.15) is 11.2 Å². The molecule has 2 nitrogen and oxygen atoms in total. The molecule has 0 unspecified atom stereocenters.